The standard InChI is InChI=1S/C22H30N2O2/c1-23-13-15-24(16-14-23)12-6-9-19-10-11-21(25-2)22(17-19)26-18-20-7-4-3-5-8-20/h3-5,7-8,10-11,17H,6,9,12-16,18H2,1-2H3. The molecule has 1 aliphatic heterocycles. The van der Waals surface area contributed by atoms with E-state index in [0.29, 0.717) is 6.61 Å². The van der Waals surface area contributed by atoms with Crippen molar-refractivity contribution in [2.75, 3.05) is 46.9 Å². The predicted molar refractivity (Wildman–Crippen MR) is 106 cm³/mol. The summed E-state index contributed by atoms with van der Waals surface area (Å²) in [6.45, 7) is 6.46. The Kier molecular flexibility index (Phi) is 6.92. The number of aryl methyl sites for hydroxylation is 1. The molecular weight excluding hydrogens is 324 g/mol. The van der Waals surface area contributed by atoms with E-state index in [0.717, 1.165) is 23.5 Å². The van der Waals surface area contributed by atoms with E-state index in [1.165, 1.54) is 44.7 Å². The molecule has 0 bridgehead atoms. The maximum atomic E-state index is 6.02. The lowest BCUT2D eigenvalue weighted by Crippen LogP contribution is -2.44. The number of rotatable bonds is 8. The Labute approximate surface area is 157 Å². The largest absolute Gasteiger partial charge is 0.493 e. The van der Waals surface area contributed by atoms with Gasteiger partial charge in [0.15, 0.2) is 11.5 Å². The average Bonchev–Trinajstić information content (AvgIpc) is 2.69. The molecule has 0 radical (unpaired) electrons. The number of benzene rings is 2. The van der Waals surface area contributed by atoms with Gasteiger partial charge < -0.3 is 19.3 Å². The highest BCUT2D eigenvalue weighted by Crippen LogP contribution is 2.29. The fourth-order valence-electron chi connectivity index (χ4n) is 3.30. The van der Waals surface area contributed by atoms with E-state index in [-0.39, 0.29) is 0 Å². The fraction of sp³-hybridized carbons (Fsp3) is 0.455. The van der Waals surface area contributed by atoms with E-state index in [9.17, 15) is 0 Å². The summed E-state index contributed by atoms with van der Waals surface area (Å²) in [7, 11) is 3.89. The second kappa shape index (κ2) is 9.60. The number of nitrogens with zero attached hydrogens (tertiary/aromatic N) is 2. The molecule has 0 N–H and O–H groups in total. The predicted octanol–water partition coefficient (Wildman–Crippen LogP) is 3.45. The van der Waals surface area contributed by atoms with E-state index in [4.69, 9.17) is 9.47 Å². The summed E-state index contributed by atoms with van der Waals surface area (Å²) in [6, 6.07) is 16.5. The zero-order chi connectivity index (χ0) is 18.2. The van der Waals surface area contributed by atoms with Gasteiger partial charge in [-0.15, -0.1) is 0 Å². The Bertz CT molecular complexity index is 667. The third-order valence-corrected chi connectivity index (χ3v) is 5.00. The van der Waals surface area contributed by atoms with Gasteiger partial charge >= 0.3 is 0 Å². The summed E-state index contributed by atoms with van der Waals surface area (Å²) in [5.41, 5.74) is 2.47. The molecule has 1 fully saturated rings. The summed E-state index contributed by atoms with van der Waals surface area (Å²) < 4.78 is 11.5. The second-order valence-electron chi connectivity index (χ2n) is 7.01. The molecule has 0 unspecified atom stereocenters. The molecule has 1 saturated heterocycles. The van der Waals surface area contributed by atoms with Crippen LogP contribution < -0.4 is 9.47 Å². The number of ether oxygens (including phenoxy) is 2. The van der Waals surface area contributed by atoms with E-state index in [1.807, 2.05) is 24.3 Å². The van der Waals surface area contributed by atoms with Gasteiger partial charge in [0.1, 0.15) is 6.61 Å². The topological polar surface area (TPSA) is 24.9 Å². The molecule has 4 nitrogen and oxygen atoms in total. The lowest BCUT2D eigenvalue weighted by atomic mass is 10.1. The van der Waals surface area contributed by atoms with Crippen LogP contribution in [0.25, 0.3) is 0 Å². The summed E-state index contributed by atoms with van der Waals surface area (Å²) in [4.78, 5) is 4.96. The minimum Gasteiger partial charge on any atom is -0.493 e. The van der Waals surface area contributed by atoms with Crippen LogP contribution in [-0.2, 0) is 13.0 Å². The maximum absolute atomic E-state index is 6.02. The van der Waals surface area contributed by atoms with E-state index < -0.39 is 0 Å². The van der Waals surface area contributed by atoms with Crippen molar-refractivity contribution in [3.8, 4) is 11.5 Å². The van der Waals surface area contributed by atoms with Gasteiger partial charge in [0.05, 0.1) is 7.11 Å². The number of hydrogen-bond acceptors (Lipinski definition) is 4. The number of hydrogen-bond donors (Lipinski definition) is 0. The summed E-state index contributed by atoms with van der Waals surface area (Å²) in [5.74, 6) is 1.62. The quantitative estimate of drug-likeness (QED) is 0.725. The van der Waals surface area contributed by atoms with Crippen molar-refractivity contribution in [2.45, 2.75) is 19.4 Å². The molecule has 140 valence electrons. The van der Waals surface area contributed by atoms with Gasteiger partial charge in [-0.3, -0.25) is 0 Å². The van der Waals surface area contributed by atoms with E-state index in [1.54, 1.807) is 7.11 Å². The van der Waals surface area contributed by atoms with Crippen LogP contribution in [0.15, 0.2) is 48.5 Å². The van der Waals surface area contributed by atoms with Gasteiger partial charge in [-0.1, -0.05) is 36.4 Å². The van der Waals surface area contributed by atoms with Crippen LogP contribution in [0.3, 0.4) is 0 Å². The van der Waals surface area contributed by atoms with Gasteiger partial charge in [-0.25, -0.2) is 0 Å². The summed E-state index contributed by atoms with van der Waals surface area (Å²) in [5, 5.41) is 0. The van der Waals surface area contributed by atoms with Crippen molar-refractivity contribution in [1.29, 1.82) is 0 Å². The molecule has 0 aliphatic carbocycles. The Morgan fingerprint density at radius 2 is 1.65 bits per heavy atom. The Hall–Kier alpha value is -2.04. The third kappa shape index (κ3) is 5.48. The van der Waals surface area contributed by atoms with Crippen molar-refractivity contribution in [2.24, 2.45) is 0 Å². The van der Waals surface area contributed by atoms with Crippen molar-refractivity contribution in [3.63, 3.8) is 0 Å². The number of methoxy groups -OCH3 is 1. The molecule has 0 atom stereocenters. The fourth-order valence-corrected chi connectivity index (χ4v) is 3.30. The van der Waals surface area contributed by atoms with Crippen LogP contribution in [-0.4, -0.2) is 56.7 Å². The zero-order valence-corrected chi connectivity index (χ0v) is 16.0. The van der Waals surface area contributed by atoms with Crippen molar-refractivity contribution < 1.29 is 9.47 Å². The summed E-state index contributed by atoms with van der Waals surface area (Å²) >= 11 is 0. The van der Waals surface area contributed by atoms with Crippen LogP contribution in [0.5, 0.6) is 11.5 Å². The van der Waals surface area contributed by atoms with Crippen LogP contribution in [0.4, 0.5) is 0 Å². The molecule has 4 heteroatoms. The first kappa shape index (κ1) is 18.7. The highest BCUT2D eigenvalue weighted by atomic mass is 16.5. The van der Waals surface area contributed by atoms with Gasteiger partial charge in [0.2, 0.25) is 0 Å². The van der Waals surface area contributed by atoms with Crippen molar-refractivity contribution in [3.05, 3.63) is 59.7 Å². The molecule has 2 aromatic rings. The minimum atomic E-state index is 0.557. The highest BCUT2D eigenvalue weighted by molar-refractivity contribution is 5.43. The molecule has 1 aliphatic rings. The molecule has 1 heterocycles. The normalized spacial score (nSPS) is 15.8. The molecule has 0 saturated carbocycles. The maximum Gasteiger partial charge on any atom is 0.161 e. The number of likely N-dealkylation sites (N-methyl/N-ethyl adjacent to an activating group) is 1. The molecule has 0 aromatic heterocycles. The molecule has 0 spiro atoms. The lowest BCUT2D eigenvalue weighted by Gasteiger charge is -2.32. The van der Waals surface area contributed by atoms with Gasteiger partial charge in [-0.2, -0.15) is 0 Å². The average molecular weight is 354 g/mol. The Morgan fingerprint density at radius 1 is 0.885 bits per heavy atom. The second-order valence-corrected chi connectivity index (χ2v) is 7.01. The minimum absolute atomic E-state index is 0.557. The molecule has 2 aromatic carbocycles. The first-order valence-electron chi connectivity index (χ1n) is 9.49. The van der Waals surface area contributed by atoms with Gasteiger partial charge in [0.25, 0.3) is 0 Å². The highest BCUT2D eigenvalue weighted by Gasteiger charge is 2.13. The molecule has 0 amide bonds. The third-order valence-electron chi connectivity index (χ3n) is 5.00. The van der Waals surface area contributed by atoms with Crippen LogP contribution in [0, 0.1) is 0 Å². The van der Waals surface area contributed by atoms with Crippen LogP contribution in [0.1, 0.15) is 17.5 Å². The van der Waals surface area contributed by atoms with Crippen LogP contribution in [0.2, 0.25) is 0 Å². The van der Waals surface area contributed by atoms with Gasteiger partial charge in [-0.05, 0) is 49.7 Å². The molecular formula is C22H30N2O2. The molecule has 26 heavy (non-hydrogen) atoms. The van der Waals surface area contributed by atoms with Crippen molar-refractivity contribution in [1.82, 2.24) is 9.80 Å². The Morgan fingerprint density at radius 3 is 2.38 bits per heavy atom. The monoisotopic (exact) mass is 354 g/mol. The number of piperazine rings is 1. The van der Waals surface area contributed by atoms with Crippen LogP contribution >= 0.6 is 0 Å². The van der Waals surface area contributed by atoms with Gasteiger partial charge in [0, 0.05) is 26.2 Å². The SMILES string of the molecule is COc1ccc(CCCN2CCN(C)CC2)cc1OCc1ccccc1. The molecule has 3 rings (SSSR count). The smallest absolute Gasteiger partial charge is 0.161 e. The van der Waals surface area contributed by atoms with E-state index >= 15 is 0 Å². The van der Waals surface area contributed by atoms with E-state index in [2.05, 4.69) is 41.1 Å². The Balaban J connectivity index is 1.53. The lowest BCUT2D eigenvalue weighted by molar-refractivity contribution is 0.153. The van der Waals surface area contributed by atoms with Crippen molar-refractivity contribution >= 4 is 0 Å². The first-order chi connectivity index (χ1) is 12.7. The zero-order valence-electron chi connectivity index (χ0n) is 16.0. The summed E-state index contributed by atoms with van der Waals surface area (Å²) in [6.07, 6.45) is 2.24. The first-order valence-corrected chi connectivity index (χ1v) is 9.49.